The number of benzene rings is 1. The Morgan fingerprint density at radius 3 is 2.88 bits per heavy atom. The number of piperidine rings is 1. The zero-order valence-electron chi connectivity index (χ0n) is 13.2. The Kier molecular flexibility index (Phi) is 4.88. The molecule has 1 aliphatic heterocycles. The molecule has 0 aliphatic carbocycles. The molecular weight excluding hydrogens is 311 g/mol. The van der Waals surface area contributed by atoms with E-state index in [0.717, 1.165) is 18.5 Å². The largest absolute Gasteiger partial charge is 0.354 e. The van der Waals surface area contributed by atoms with Crippen LogP contribution in [0.5, 0.6) is 0 Å². The maximum atomic E-state index is 12.9. The topological polar surface area (TPSA) is 76.0 Å². The monoisotopic (exact) mass is 330 g/mol. The predicted molar refractivity (Wildman–Crippen MR) is 86.0 cm³/mol. The fraction of sp³-hybridized carbons (Fsp3) is 0.353. The highest BCUT2D eigenvalue weighted by Gasteiger charge is 2.18. The van der Waals surface area contributed by atoms with Gasteiger partial charge in [-0.1, -0.05) is 0 Å². The summed E-state index contributed by atoms with van der Waals surface area (Å²) in [5.74, 6) is -0.405. The number of nitrogens with zero attached hydrogens (tertiary/aromatic N) is 2. The van der Waals surface area contributed by atoms with Crippen LogP contribution in [-0.4, -0.2) is 34.2 Å². The zero-order valence-corrected chi connectivity index (χ0v) is 13.2. The van der Waals surface area contributed by atoms with E-state index in [0.29, 0.717) is 18.7 Å². The van der Waals surface area contributed by atoms with E-state index < -0.39 is 0 Å². The molecule has 3 rings (SSSR count). The first kappa shape index (κ1) is 16.2. The Balaban J connectivity index is 1.51. The van der Waals surface area contributed by atoms with Crippen molar-refractivity contribution in [2.45, 2.75) is 31.7 Å². The molecule has 0 unspecified atom stereocenters. The van der Waals surface area contributed by atoms with Crippen LogP contribution >= 0.6 is 0 Å². The van der Waals surface area contributed by atoms with Crippen molar-refractivity contribution in [2.24, 2.45) is 0 Å². The van der Waals surface area contributed by atoms with Crippen molar-refractivity contribution in [2.75, 3.05) is 6.54 Å². The lowest BCUT2D eigenvalue weighted by Crippen LogP contribution is -2.46. The van der Waals surface area contributed by atoms with Crippen LogP contribution in [0.3, 0.4) is 0 Å². The van der Waals surface area contributed by atoms with Crippen LogP contribution in [0.2, 0.25) is 0 Å². The number of aromatic nitrogens is 2. The Morgan fingerprint density at radius 2 is 2.12 bits per heavy atom. The molecule has 1 aromatic carbocycles. The number of amides is 2. The van der Waals surface area contributed by atoms with E-state index in [2.05, 4.69) is 15.7 Å². The number of nitrogens with one attached hydrogen (secondary N) is 2. The molecule has 0 spiro atoms. The summed E-state index contributed by atoms with van der Waals surface area (Å²) in [7, 11) is 0. The Morgan fingerprint density at radius 1 is 1.33 bits per heavy atom. The highest BCUT2D eigenvalue weighted by Crippen LogP contribution is 2.10. The van der Waals surface area contributed by atoms with Gasteiger partial charge in [-0.15, -0.1) is 0 Å². The SMILES string of the molecule is O=C(Cc1ccn(-c2ccc(F)cc2)n1)NC[C@H]1CCCC(=O)N1. The zero-order chi connectivity index (χ0) is 16.9. The third-order valence-electron chi connectivity index (χ3n) is 3.94. The molecule has 1 fully saturated rings. The van der Waals surface area contributed by atoms with E-state index in [1.807, 2.05) is 0 Å². The van der Waals surface area contributed by atoms with Gasteiger partial charge in [0.2, 0.25) is 11.8 Å². The molecule has 24 heavy (non-hydrogen) atoms. The van der Waals surface area contributed by atoms with Crippen LogP contribution < -0.4 is 10.6 Å². The van der Waals surface area contributed by atoms with Crippen molar-refractivity contribution >= 4 is 11.8 Å². The molecular formula is C17H19FN4O2. The van der Waals surface area contributed by atoms with Crippen LogP contribution in [-0.2, 0) is 16.0 Å². The Labute approximate surface area is 139 Å². The van der Waals surface area contributed by atoms with Gasteiger partial charge in [0.1, 0.15) is 5.82 Å². The van der Waals surface area contributed by atoms with Gasteiger partial charge in [-0.05, 0) is 43.2 Å². The molecule has 1 aromatic heterocycles. The van der Waals surface area contributed by atoms with Crippen molar-refractivity contribution in [3.05, 3.63) is 48.0 Å². The van der Waals surface area contributed by atoms with Crippen molar-refractivity contribution in [1.82, 2.24) is 20.4 Å². The van der Waals surface area contributed by atoms with Crippen LogP contribution in [0.15, 0.2) is 36.5 Å². The highest BCUT2D eigenvalue weighted by molar-refractivity contribution is 5.79. The molecule has 1 aliphatic rings. The summed E-state index contributed by atoms with van der Waals surface area (Å²) >= 11 is 0. The van der Waals surface area contributed by atoms with E-state index in [-0.39, 0.29) is 30.1 Å². The summed E-state index contributed by atoms with van der Waals surface area (Å²) in [4.78, 5) is 23.3. The molecule has 2 heterocycles. The van der Waals surface area contributed by atoms with Gasteiger partial charge in [-0.3, -0.25) is 9.59 Å². The van der Waals surface area contributed by atoms with Crippen LogP contribution in [0.25, 0.3) is 5.69 Å². The molecule has 2 N–H and O–H groups in total. The van der Waals surface area contributed by atoms with E-state index in [1.54, 1.807) is 29.1 Å². The molecule has 1 saturated heterocycles. The number of hydrogen-bond acceptors (Lipinski definition) is 3. The highest BCUT2D eigenvalue weighted by atomic mass is 19.1. The van der Waals surface area contributed by atoms with E-state index in [4.69, 9.17) is 0 Å². The molecule has 126 valence electrons. The van der Waals surface area contributed by atoms with Crippen molar-refractivity contribution < 1.29 is 14.0 Å². The molecule has 2 aromatic rings. The minimum Gasteiger partial charge on any atom is -0.354 e. The molecule has 2 amide bonds. The van der Waals surface area contributed by atoms with Gasteiger partial charge in [0, 0.05) is 25.2 Å². The van der Waals surface area contributed by atoms with Gasteiger partial charge in [0.15, 0.2) is 0 Å². The molecule has 0 saturated carbocycles. The average Bonchev–Trinajstić information content (AvgIpc) is 3.02. The van der Waals surface area contributed by atoms with E-state index >= 15 is 0 Å². The van der Waals surface area contributed by atoms with Crippen LogP contribution in [0.1, 0.15) is 25.0 Å². The summed E-state index contributed by atoms with van der Waals surface area (Å²) in [6, 6.07) is 7.73. The minimum atomic E-state index is -0.305. The average molecular weight is 330 g/mol. The maximum Gasteiger partial charge on any atom is 0.226 e. The summed E-state index contributed by atoms with van der Waals surface area (Å²) < 4.78 is 14.5. The smallest absolute Gasteiger partial charge is 0.226 e. The van der Waals surface area contributed by atoms with Gasteiger partial charge < -0.3 is 10.6 Å². The number of halogens is 1. The van der Waals surface area contributed by atoms with E-state index in [9.17, 15) is 14.0 Å². The number of hydrogen-bond donors (Lipinski definition) is 2. The third-order valence-corrected chi connectivity index (χ3v) is 3.94. The fourth-order valence-corrected chi connectivity index (χ4v) is 2.69. The van der Waals surface area contributed by atoms with Crippen LogP contribution in [0, 0.1) is 5.82 Å². The first-order chi connectivity index (χ1) is 11.6. The van der Waals surface area contributed by atoms with E-state index in [1.165, 1.54) is 12.1 Å². The summed E-state index contributed by atoms with van der Waals surface area (Å²) in [5.41, 5.74) is 1.36. The molecule has 1 atom stereocenters. The Hall–Kier alpha value is -2.70. The van der Waals surface area contributed by atoms with Crippen molar-refractivity contribution in [3.8, 4) is 5.69 Å². The van der Waals surface area contributed by atoms with Gasteiger partial charge in [0.05, 0.1) is 17.8 Å². The molecule has 7 heteroatoms. The van der Waals surface area contributed by atoms with Crippen molar-refractivity contribution in [3.63, 3.8) is 0 Å². The number of carbonyl (C=O) groups excluding carboxylic acids is 2. The van der Waals surface area contributed by atoms with Crippen molar-refractivity contribution in [1.29, 1.82) is 0 Å². The lowest BCUT2D eigenvalue weighted by Gasteiger charge is -2.23. The second-order valence-corrected chi connectivity index (χ2v) is 5.87. The van der Waals surface area contributed by atoms with Gasteiger partial charge in [-0.25, -0.2) is 9.07 Å². The second-order valence-electron chi connectivity index (χ2n) is 5.87. The first-order valence-electron chi connectivity index (χ1n) is 7.97. The summed E-state index contributed by atoms with van der Waals surface area (Å²) in [5, 5.41) is 10.0. The molecule has 6 nitrogen and oxygen atoms in total. The van der Waals surface area contributed by atoms with Gasteiger partial charge in [-0.2, -0.15) is 5.10 Å². The minimum absolute atomic E-state index is 0.00646. The third kappa shape index (κ3) is 4.18. The van der Waals surface area contributed by atoms with Gasteiger partial charge in [0.25, 0.3) is 0 Å². The lowest BCUT2D eigenvalue weighted by atomic mass is 10.0. The van der Waals surface area contributed by atoms with Gasteiger partial charge >= 0.3 is 0 Å². The number of rotatable bonds is 5. The summed E-state index contributed by atoms with van der Waals surface area (Å²) in [6.45, 7) is 0.434. The second kappa shape index (κ2) is 7.25. The van der Waals surface area contributed by atoms with Crippen LogP contribution in [0.4, 0.5) is 4.39 Å². The first-order valence-corrected chi connectivity index (χ1v) is 7.97. The Bertz CT molecular complexity index is 726. The normalized spacial score (nSPS) is 17.4. The fourth-order valence-electron chi connectivity index (χ4n) is 2.69. The molecule has 0 bridgehead atoms. The quantitative estimate of drug-likeness (QED) is 0.869. The summed E-state index contributed by atoms with van der Waals surface area (Å²) in [6.07, 6.45) is 4.19. The predicted octanol–water partition coefficient (Wildman–Crippen LogP) is 1.34. The lowest BCUT2D eigenvalue weighted by molar-refractivity contribution is -0.124. The maximum absolute atomic E-state index is 12.9. The number of carbonyl (C=O) groups is 2. The molecule has 0 radical (unpaired) electrons. The standard InChI is InChI=1S/C17H19FN4O2/c18-12-4-6-15(7-5-12)22-9-8-13(21-22)10-17(24)19-11-14-2-1-3-16(23)20-14/h4-9,14H,1-3,10-11H2,(H,19,24)(H,20,23)/t14-/m1/s1.